The summed E-state index contributed by atoms with van der Waals surface area (Å²) in [6, 6.07) is 0.742. The minimum absolute atomic E-state index is 0.450. The van der Waals surface area contributed by atoms with Crippen molar-refractivity contribution in [1.29, 1.82) is 0 Å². The molecule has 1 aliphatic rings. The van der Waals surface area contributed by atoms with Crippen LogP contribution in [-0.4, -0.2) is 18.1 Å². The van der Waals surface area contributed by atoms with Crippen molar-refractivity contribution in [2.45, 2.75) is 46.1 Å². The van der Waals surface area contributed by atoms with Gasteiger partial charge in [-0.2, -0.15) is 4.98 Å². The van der Waals surface area contributed by atoms with E-state index in [-0.39, 0.29) is 0 Å². The molecule has 4 heteroatoms. The number of piperidine rings is 1. The van der Waals surface area contributed by atoms with Gasteiger partial charge in [-0.15, -0.1) is 0 Å². The fourth-order valence-corrected chi connectivity index (χ4v) is 2.66. The van der Waals surface area contributed by atoms with E-state index < -0.39 is 0 Å². The highest BCUT2D eigenvalue weighted by Crippen LogP contribution is 2.38. The Balaban J connectivity index is 1.99. The Hall–Kier alpha value is -1.03. The lowest BCUT2D eigenvalue weighted by Crippen LogP contribution is -2.39. The Morgan fingerprint density at radius 3 is 2.47 bits per heavy atom. The number of rotatable bonds is 4. The number of nitrogens with zero attached hydrogens (tertiary/aromatic N) is 2. The fourth-order valence-electron chi connectivity index (χ4n) is 2.66. The zero-order valence-electron chi connectivity index (χ0n) is 10.9. The molecule has 2 N–H and O–H groups in total. The second kappa shape index (κ2) is 5.08. The second-order valence-electron chi connectivity index (χ2n) is 5.02. The third-order valence-electron chi connectivity index (χ3n) is 4.34. The van der Waals surface area contributed by atoms with Crippen LogP contribution in [0, 0.1) is 5.41 Å². The summed E-state index contributed by atoms with van der Waals surface area (Å²) in [4.78, 5) is 6.62. The maximum absolute atomic E-state index is 5.54. The van der Waals surface area contributed by atoms with Crippen molar-refractivity contribution in [2.24, 2.45) is 11.1 Å². The summed E-state index contributed by atoms with van der Waals surface area (Å²) in [6.45, 7) is 7.15. The maximum atomic E-state index is 5.54. The summed E-state index contributed by atoms with van der Waals surface area (Å²) in [5, 5.41) is 0. The Labute approximate surface area is 103 Å². The largest absolute Gasteiger partial charge is 0.432 e. The Kier molecular flexibility index (Phi) is 3.72. The number of nitrogens with two attached hydrogens (primary N) is 1. The van der Waals surface area contributed by atoms with Crippen LogP contribution in [0.1, 0.15) is 45.2 Å². The lowest BCUT2D eigenvalue weighted by molar-refractivity contribution is 0.196. The van der Waals surface area contributed by atoms with Gasteiger partial charge in [0.05, 0.1) is 5.69 Å². The van der Waals surface area contributed by atoms with Crippen LogP contribution in [0.15, 0.2) is 10.7 Å². The molecule has 2 rings (SSSR count). The molecular formula is C13H23N3O. The molecule has 1 saturated heterocycles. The van der Waals surface area contributed by atoms with Crippen molar-refractivity contribution in [2.75, 3.05) is 18.0 Å². The summed E-state index contributed by atoms with van der Waals surface area (Å²) < 4.78 is 5.47. The summed E-state index contributed by atoms with van der Waals surface area (Å²) in [6.07, 6.45) is 6.69. The van der Waals surface area contributed by atoms with E-state index >= 15 is 0 Å². The lowest BCUT2D eigenvalue weighted by atomic mass is 9.74. The van der Waals surface area contributed by atoms with E-state index in [1.807, 2.05) is 0 Å². The molecule has 0 unspecified atom stereocenters. The molecule has 1 aromatic rings. The molecule has 0 spiro atoms. The second-order valence-corrected chi connectivity index (χ2v) is 5.02. The highest BCUT2D eigenvalue weighted by Gasteiger charge is 2.32. The molecule has 1 fully saturated rings. The van der Waals surface area contributed by atoms with Crippen molar-refractivity contribution >= 4 is 6.01 Å². The summed E-state index contributed by atoms with van der Waals surface area (Å²) in [5.74, 6) is 0. The first-order chi connectivity index (χ1) is 8.23. The third-order valence-corrected chi connectivity index (χ3v) is 4.34. The molecule has 0 bridgehead atoms. The number of aromatic nitrogens is 1. The van der Waals surface area contributed by atoms with E-state index in [1.165, 1.54) is 25.7 Å². The van der Waals surface area contributed by atoms with Crippen molar-refractivity contribution in [3.63, 3.8) is 0 Å². The van der Waals surface area contributed by atoms with Gasteiger partial charge in [0.2, 0.25) is 0 Å². The van der Waals surface area contributed by atoms with Crippen molar-refractivity contribution in [1.82, 2.24) is 4.98 Å². The molecular weight excluding hydrogens is 214 g/mol. The molecule has 0 saturated carbocycles. The molecule has 4 nitrogen and oxygen atoms in total. The van der Waals surface area contributed by atoms with Crippen molar-refractivity contribution in [3.8, 4) is 0 Å². The number of hydrogen-bond donors (Lipinski definition) is 1. The summed E-state index contributed by atoms with van der Waals surface area (Å²) in [5.41, 5.74) is 6.92. The average molecular weight is 237 g/mol. The summed E-state index contributed by atoms with van der Waals surface area (Å²) in [7, 11) is 0. The summed E-state index contributed by atoms with van der Waals surface area (Å²) >= 11 is 0. The van der Waals surface area contributed by atoms with Crippen LogP contribution in [0.4, 0.5) is 6.01 Å². The Bertz CT molecular complexity index is 347. The topological polar surface area (TPSA) is 55.3 Å². The number of oxazole rings is 1. The fraction of sp³-hybridized carbons (Fsp3) is 0.769. The zero-order valence-corrected chi connectivity index (χ0v) is 10.9. The molecule has 2 heterocycles. The number of hydrogen-bond acceptors (Lipinski definition) is 4. The first-order valence-electron chi connectivity index (χ1n) is 6.62. The van der Waals surface area contributed by atoms with Gasteiger partial charge in [0.1, 0.15) is 6.26 Å². The molecule has 0 aliphatic carbocycles. The number of anilines is 1. The van der Waals surface area contributed by atoms with Crippen LogP contribution >= 0.6 is 0 Å². The molecule has 0 amide bonds. The van der Waals surface area contributed by atoms with Crippen LogP contribution < -0.4 is 10.6 Å². The zero-order chi connectivity index (χ0) is 12.3. The van der Waals surface area contributed by atoms with Crippen molar-refractivity contribution in [3.05, 3.63) is 12.0 Å². The van der Waals surface area contributed by atoms with Gasteiger partial charge in [0, 0.05) is 19.6 Å². The Morgan fingerprint density at radius 1 is 1.35 bits per heavy atom. The van der Waals surface area contributed by atoms with Crippen LogP contribution in [0.2, 0.25) is 0 Å². The van der Waals surface area contributed by atoms with E-state index in [0.29, 0.717) is 12.0 Å². The Morgan fingerprint density at radius 2 is 2.00 bits per heavy atom. The van der Waals surface area contributed by atoms with E-state index in [0.717, 1.165) is 24.8 Å². The van der Waals surface area contributed by atoms with Gasteiger partial charge < -0.3 is 15.1 Å². The quantitative estimate of drug-likeness (QED) is 0.874. The van der Waals surface area contributed by atoms with E-state index in [2.05, 4.69) is 23.7 Å². The molecule has 1 aromatic heterocycles. The van der Waals surface area contributed by atoms with Gasteiger partial charge in [0.25, 0.3) is 6.01 Å². The van der Waals surface area contributed by atoms with Gasteiger partial charge in [-0.05, 0) is 18.3 Å². The highest BCUT2D eigenvalue weighted by atomic mass is 16.4. The smallest absolute Gasteiger partial charge is 0.297 e. The first kappa shape index (κ1) is 12.4. The van der Waals surface area contributed by atoms with Crippen LogP contribution in [-0.2, 0) is 6.54 Å². The van der Waals surface area contributed by atoms with Gasteiger partial charge in [-0.25, -0.2) is 0 Å². The van der Waals surface area contributed by atoms with Gasteiger partial charge in [-0.3, -0.25) is 0 Å². The van der Waals surface area contributed by atoms with Crippen molar-refractivity contribution < 1.29 is 4.42 Å². The molecule has 0 aromatic carbocycles. The standard InChI is InChI=1S/C13H23N3O/c1-3-13(4-2)5-7-16(8-6-13)12-15-11(9-14)10-17-12/h10H,3-9,14H2,1-2H3. The molecule has 0 atom stereocenters. The molecule has 1 aliphatic heterocycles. The van der Waals surface area contributed by atoms with Gasteiger partial charge >= 0.3 is 0 Å². The molecule has 96 valence electrons. The van der Waals surface area contributed by atoms with Crippen LogP contribution in [0.5, 0.6) is 0 Å². The SMILES string of the molecule is CCC1(CC)CCN(c2nc(CN)co2)CC1. The van der Waals surface area contributed by atoms with Gasteiger partial charge in [-0.1, -0.05) is 26.7 Å². The normalized spacial score (nSPS) is 19.6. The van der Waals surface area contributed by atoms with Crippen LogP contribution in [0.3, 0.4) is 0 Å². The lowest BCUT2D eigenvalue weighted by Gasteiger charge is -2.40. The minimum atomic E-state index is 0.450. The van der Waals surface area contributed by atoms with E-state index in [4.69, 9.17) is 10.2 Å². The monoisotopic (exact) mass is 237 g/mol. The predicted molar refractivity (Wildman–Crippen MR) is 68.9 cm³/mol. The van der Waals surface area contributed by atoms with E-state index in [1.54, 1.807) is 6.26 Å². The van der Waals surface area contributed by atoms with Crippen LogP contribution in [0.25, 0.3) is 0 Å². The third kappa shape index (κ3) is 2.46. The maximum Gasteiger partial charge on any atom is 0.297 e. The highest BCUT2D eigenvalue weighted by molar-refractivity contribution is 5.28. The van der Waals surface area contributed by atoms with Gasteiger partial charge in [0.15, 0.2) is 0 Å². The molecule has 17 heavy (non-hydrogen) atoms. The molecule has 0 radical (unpaired) electrons. The van der Waals surface area contributed by atoms with E-state index in [9.17, 15) is 0 Å². The predicted octanol–water partition coefficient (Wildman–Crippen LogP) is 2.54. The minimum Gasteiger partial charge on any atom is -0.432 e. The average Bonchev–Trinajstić information content (AvgIpc) is 2.87. The first-order valence-corrected chi connectivity index (χ1v) is 6.62.